The molecule has 2 fully saturated rings. The number of rotatable bonds is 4. The van der Waals surface area contributed by atoms with Crippen molar-refractivity contribution >= 4 is 27.9 Å². The van der Waals surface area contributed by atoms with Gasteiger partial charge in [0.05, 0.1) is 5.75 Å². The van der Waals surface area contributed by atoms with Crippen molar-refractivity contribution in [3.63, 3.8) is 0 Å². The summed E-state index contributed by atoms with van der Waals surface area (Å²) >= 11 is 0. The Morgan fingerprint density at radius 2 is 1.76 bits per heavy atom. The van der Waals surface area contributed by atoms with E-state index >= 15 is 0 Å². The summed E-state index contributed by atoms with van der Waals surface area (Å²) < 4.78 is 24.5. The number of hydrogen-bond acceptors (Lipinski definition) is 5. The van der Waals surface area contributed by atoms with E-state index in [4.69, 9.17) is 0 Å². The van der Waals surface area contributed by atoms with E-state index in [1.54, 1.807) is 0 Å². The average molecular weight is 317 g/mol. The standard InChI is InChI=1S/C12H19N3O5S/c1-14(2)21(19,20)8-7-15-10(17)12(5-3-4-6-12)9(16)13-11(15)18/h3-8H2,1-2H3,(H,13,16,18). The number of sulfonamides is 1. The zero-order chi connectivity index (χ0) is 15.8. The van der Waals surface area contributed by atoms with Crippen LogP contribution in [-0.4, -0.2) is 61.9 Å². The highest BCUT2D eigenvalue weighted by Gasteiger charge is 2.54. The fourth-order valence-corrected chi connectivity index (χ4v) is 3.52. The normalized spacial score (nSPS) is 22.2. The minimum absolute atomic E-state index is 0.250. The van der Waals surface area contributed by atoms with Gasteiger partial charge < -0.3 is 0 Å². The monoisotopic (exact) mass is 317 g/mol. The van der Waals surface area contributed by atoms with Gasteiger partial charge in [0.2, 0.25) is 21.8 Å². The molecule has 8 nitrogen and oxygen atoms in total. The predicted molar refractivity (Wildman–Crippen MR) is 73.6 cm³/mol. The van der Waals surface area contributed by atoms with Gasteiger partial charge in [-0.15, -0.1) is 0 Å². The first-order valence-corrected chi connectivity index (χ1v) is 8.39. The van der Waals surface area contributed by atoms with Crippen LogP contribution in [-0.2, 0) is 19.6 Å². The molecule has 1 spiro atoms. The van der Waals surface area contributed by atoms with Crippen LogP contribution in [0.1, 0.15) is 25.7 Å². The van der Waals surface area contributed by atoms with Crippen molar-refractivity contribution in [3.05, 3.63) is 0 Å². The highest BCUT2D eigenvalue weighted by molar-refractivity contribution is 7.89. The Morgan fingerprint density at radius 3 is 2.29 bits per heavy atom. The number of amides is 4. The van der Waals surface area contributed by atoms with Crippen LogP contribution in [0.2, 0.25) is 0 Å². The molecule has 1 saturated carbocycles. The molecule has 1 heterocycles. The number of imide groups is 2. The van der Waals surface area contributed by atoms with Gasteiger partial charge in [0, 0.05) is 20.6 Å². The van der Waals surface area contributed by atoms with Crippen molar-refractivity contribution in [3.8, 4) is 0 Å². The van der Waals surface area contributed by atoms with Gasteiger partial charge in [0.15, 0.2) is 0 Å². The van der Waals surface area contributed by atoms with Crippen molar-refractivity contribution in [2.24, 2.45) is 5.41 Å². The first kappa shape index (κ1) is 15.9. The minimum Gasteiger partial charge on any atom is -0.277 e. The molecule has 2 aliphatic rings. The second-order valence-electron chi connectivity index (χ2n) is 5.60. The number of carbonyl (C=O) groups is 3. The molecule has 0 bridgehead atoms. The van der Waals surface area contributed by atoms with Gasteiger partial charge >= 0.3 is 6.03 Å². The van der Waals surface area contributed by atoms with Crippen LogP contribution in [0, 0.1) is 5.41 Å². The predicted octanol–water partition coefficient (Wildman–Crippen LogP) is -0.483. The molecule has 9 heteroatoms. The lowest BCUT2D eigenvalue weighted by Gasteiger charge is -2.36. The fourth-order valence-electron chi connectivity index (χ4n) is 2.74. The second kappa shape index (κ2) is 5.38. The van der Waals surface area contributed by atoms with Gasteiger partial charge in [-0.2, -0.15) is 0 Å². The van der Waals surface area contributed by atoms with Gasteiger partial charge in [0.1, 0.15) is 5.41 Å². The fraction of sp³-hybridized carbons (Fsp3) is 0.750. The van der Waals surface area contributed by atoms with E-state index in [2.05, 4.69) is 5.32 Å². The van der Waals surface area contributed by atoms with Gasteiger partial charge in [-0.25, -0.2) is 17.5 Å². The molecule has 0 unspecified atom stereocenters. The number of nitrogens with zero attached hydrogens (tertiary/aromatic N) is 2. The van der Waals surface area contributed by atoms with Gasteiger partial charge in [0.25, 0.3) is 0 Å². The lowest BCUT2D eigenvalue weighted by molar-refractivity contribution is -0.150. The van der Waals surface area contributed by atoms with Crippen LogP contribution in [0.5, 0.6) is 0 Å². The summed E-state index contributed by atoms with van der Waals surface area (Å²) in [5.74, 6) is -1.48. The molecule has 21 heavy (non-hydrogen) atoms. The van der Waals surface area contributed by atoms with Crippen molar-refractivity contribution in [1.29, 1.82) is 0 Å². The smallest absolute Gasteiger partial charge is 0.277 e. The first-order chi connectivity index (χ1) is 9.70. The maximum atomic E-state index is 12.5. The lowest BCUT2D eigenvalue weighted by Crippen LogP contribution is -2.63. The quantitative estimate of drug-likeness (QED) is 0.705. The van der Waals surface area contributed by atoms with Crippen LogP contribution >= 0.6 is 0 Å². The first-order valence-electron chi connectivity index (χ1n) is 6.78. The molecular weight excluding hydrogens is 298 g/mol. The van der Waals surface area contributed by atoms with Crippen LogP contribution < -0.4 is 5.32 Å². The molecule has 0 radical (unpaired) electrons. The van der Waals surface area contributed by atoms with E-state index in [1.807, 2.05) is 0 Å². The van der Waals surface area contributed by atoms with Crippen LogP contribution in [0.15, 0.2) is 0 Å². The molecule has 0 aromatic heterocycles. The third kappa shape index (κ3) is 2.67. The summed E-state index contributed by atoms with van der Waals surface area (Å²) in [4.78, 5) is 37.1. The van der Waals surface area contributed by atoms with E-state index < -0.39 is 33.3 Å². The Bertz CT molecular complexity index is 578. The Morgan fingerprint density at radius 1 is 1.19 bits per heavy atom. The molecule has 0 aromatic rings. The number of carbonyl (C=O) groups excluding carboxylic acids is 3. The summed E-state index contributed by atoms with van der Waals surface area (Å²) in [6.07, 6.45) is 2.30. The highest BCUT2D eigenvalue weighted by Crippen LogP contribution is 2.41. The number of barbiturate groups is 1. The molecule has 118 valence electrons. The Kier molecular flexibility index (Phi) is 4.07. The van der Waals surface area contributed by atoms with E-state index in [0.29, 0.717) is 12.8 Å². The largest absolute Gasteiger partial charge is 0.330 e. The van der Waals surface area contributed by atoms with Crippen molar-refractivity contribution in [2.75, 3.05) is 26.4 Å². The van der Waals surface area contributed by atoms with E-state index in [-0.39, 0.29) is 12.3 Å². The number of hydrogen-bond donors (Lipinski definition) is 1. The van der Waals surface area contributed by atoms with Crippen molar-refractivity contribution < 1.29 is 22.8 Å². The molecule has 0 aromatic carbocycles. The van der Waals surface area contributed by atoms with E-state index in [0.717, 1.165) is 22.0 Å². The molecule has 0 atom stereocenters. The summed E-state index contributed by atoms with van der Waals surface area (Å²) in [7, 11) is -0.750. The van der Waals surface area contributed by atoms with Crippen LogP contribution in [0.3, 0.4) is 0 Å². The summed E-state index contributed by atoms with van der Waals surface area (Å²) in [5, 5.41) is 2.18. The number of urea groups is 1. The lowest BCUT2D eigenvalue weighted by atomic mass is 9.82. The highest BCUT2D eigenvalue weighted by atomic mass is 32.2. The molecule has 1 saturated heterocycles. The molecule has 1 aliphatic heterocycles. The molecular formula is C12H19N3O5S. The third-order valence-electron chi connectivity index (χ3n) is 4.14. The topological polar surface area (TPSA) is 104 Å². The molecule has 1 aliphatic carbocycles. The van der Waals surface area contributed by atoms with Crippen molar-refractivity contribution in [2.45, 2.75) is 25.7 Å². The zero-order valence-electron chi connectivity index (χ0n) is 12.1. The number of nitrogens with one attached hydrogen (secondary N) is 1. The summed E-state index contributed by atoms with van der Waals surface area (Å²) in [5.41, 5.74) is -1.18. The Labute approximate surface area is 123 Å². The SMILES string of the molecule is CN(C)S(=O)(=O)CCN1C(=O)NC(=O)C2(CCCC2)C1=O. The van der Waals surface area contributed by atoms with Crippen molar-refractivity contribution in [1.82, 2.24) is 14.5 Å². The summed E-state index contributed by atoms with van der Waals surface area (Å²) in [6, 6.07) is -0.837. The third-order valence-corrected chi connectivity index (χ3v) is 5.95. The van der Waals surface area contributed by atoms with E-state index in [9.17, 15) is 22.8 Å². The van der Waals surface area contributed by atoms with Gasteiger partial charge in [-0.1, -0.05) is 12.8 Å². The molecule has 4 amide bonds. The van der Waals surface area contributed by atoms with Crippen LogP contribution in [0.4, 0.5) is 4.79 Å². The Balaban J connectivity index is 2.17. The second-order valence-corrected chi connectivity index (χ2v) is 7.91. The molecule has 1 N–H and O–H groups in total. The van der Waals surface area contributed by atoms with Gasteiger partial charge in [-0.05, 0) is 12.8 Å². The summed E-state index contributed by atoms with van der Waals surface area (Å²) in [6.45, 7) is -0.250. The van der Waals surface area contributed by atoms with E-state index in [1.165, 1.54) is 14.1 Å². The average Bonchev–Trinajstić information content (AvgIpc) is 2.87. The maximum Gasteiger partial charge on any atom is 0.330 e. The van der Waals surface area contributed by atoms with Gasteiger partial charge in [-0.3, -0.25) is 19.8 Å². The van der Waals surface area contributed by atoms with Crippen LogP contribution in [0.25, 0.3) is 0 Å². The Hall–Kier alpha value is -1.48. The zero-order valence-corrected chi connectivity index (χ0v) is 12.9. The minimum atomic E-state index is -3.52. The molecule has 2 rings (SSSR count). The maximum absolute atomic E-state index is 12.5.